The highest BCUT2D eigenvalue weighted by atomic mass is 16.4. The van der Waals surface area contributed by atoms with Crippen LogP contribution in [0.2, 0.25) is 0 Å². The molecule has 1 aromatic rings. The number of hydrogen-bond acceptors (Lipinski definition) is 10. The number of likely N-dealkylation sites (N-methyl/N-ethyl adjacent to an activating group) is 1. The molecule has 8 N–H and O–H groups in total. The number of nitrogens with one attached hydrogen (secondary N) is 1. The molecule has 4 rings (SSSR count). The van der Waals surface area contributed by atoms with E-state index < -0.39 is 81.4 Å². The lowest BCUT2D eigenvalue weighted by molar-refractivity contribution is -0.169. The first-order valence-electron chi connectivity index (χ1n) is 11.3. The summed E-state index contributed by atoms with van der Waals surface area (Å²) in [6.07, 6.45) is -1.61. The molecule has 2 unspecified atom stereocenters. The maximum Gasteiger partial charge on any atom is 0.221 e. The number of phenols is 1. The fourth-order valence-electron chi connectivity index (χ4n) is 5.99. The second-order valence-electron chi connectivity index (χ2n) is 9.85. The summed E-state index contributed by atoms with van der Waals surface area (Å²) < 4.78 is 0. The van der Waals surface area contributed by atoms with Crippen LogP contribution in [0, 0.1) is 11.8 Å². The van der Waals surface area contributed by atoms with Crippen molar-refractivity contribution in [1.29, 1.82) is 0 Å². The number of nitrogens with two attached hydrogens (primary N) is 1. The lowest BCUT2D eigenvalue weighted by atomic mass is 9.54. The SMILES string of the molecule is C=C(N)C1=C(O)[C@@]2(O)C(=O)C3=C(O)c4c(O)cc(NC(C)=O)cc4[C@H](C)C3[C@H](O)C2[C@H](N(C)C)C1=O. The van der Waals surface area contributed by atoms with Crippen molar-refractivity contribution in [2.24, 2.45) is 17.6 Å². The second kappa shape index (κ2) is 8.19. The molecule has 1 fully saturated rings. The molecule has 1 saturated carbocycles. The van der Waals surface area contributed by atoms with Gasteiger partial charge in [-0.25, -0.2) is 0 Å². The van der Waals surface area contributed by atoms with E-state index in [0.29, 0.717) is 5.56 Å². The molecule has 0 aliphatic heterocycles. The Morgan fingerprint density at radius 3 is 2.33 bits per heavy atom. The number of ketones is 2. The average Bonchev–Trinajstić information content (AvgIpc) is 2.75. The van der Waals surface area contributed by atoms with Crippen molar-refractivity contribution in [2.75, 3.05) is 19.4 Å². The van der Waals surface area contributed by atoms with E-state index in [-0.39, 0.29) is 16.9 Å². The van der Waals surface area contributed by atoms with Gasteiger partial charge in [0.05, 0.1) is 29.2 Å². The minimum atomic E-state index is -2.80. The molecule has 3 aliphatic rings. The number of carbonyl (C=O) groups is 3. The van der Waals surface area contributed by atoms with Crippen LogP contribution in [0.5, 0.6) is 5.75 Å². The van der Waals surface area contributed by atoms with Gasteiger partial charge in [-0.3, -0.25) is 19.3 Å². The van der Waals surface area contributed by atoms with Crippen LogP contribution in [-0.2, 0) is 14.4 Å². The monoisotopic (exact) mass is 499 g/mol. The van der Waals surface area contributed by atoms with Crippen LogP contribution in [-0.4, -0.2) is 79.7 Å². The minimum absolute atomic E-state index is 0.103. The first kappa shape index (κ1) is 25.4. The zero-order valence-electron chi connectivity index (χ0n) is 20.2. The third-order valence-corrected chi connectivity index (χ3v) is 7.46. The zero-order valence-corrected chi connectivity index (χ0v) is 20.2. The second-order valence-corrected chi connectivity index (χ2v) is 9.85. The molecule has 0 heterocycles. The molecular weight excluding hydrogens is 470 g/mol. The number of phenolic OH excluding ortho intramolecular Hbond substituents is 1. The molecule has 11 nitrogen and oxygen atoms in total. The van der Waals surface area contributed by atoms with Crippen molar-refractivity contribution < 1.29 is 39.9 Å². The number of Topliss-reactive ketones (excluding diaryl/α,β-unsaturated/α-hetero) is 2. The molecule has 3 aliphatic carbocycles. The summed E-state index contributed by atoms with van der Waals surface area (Å²) in [5.41, 5.74) is 2.09. The fraction of sp³-hybridized carbons (Fsp3) is 0.400. The number of benzene rings is 1. The van der Waals surface area contributed by atoms with Crippen molar-refractivity contribution in [2.45, 2.75) is 37.5 Å². The largest absolute Gasteiger partial charge is 0.508 e. The van der Waals surface area contributed by atoms with Gasteiger partial charge in [-0.1, -0.05) is 13.5 Å². The Kier molecular flexibility index (Phi) is 5.78. The van der Waals surface area contributed by atoms with Gasteiger partial charge in [0.15, 0.2) is 11.4 Å². The standard InChI is InChI=1S/C25H29N3O8/c1-8-12-6-11(27-10(3)29)7-13(30)16(12)20(31)17-14(8)21(32)18-19(28(4)5)22(33)15(9(2)26)23(34)25(18,36)24(17)35/h6-8,14,18-19,21,30-32,34,36H,2,26H2,1,3-5H3,(H,27,29)/t8-,14?,18?,19-,21-,25+/m0/s1. The number of carbonyl (C=O) groups excluding carboxylic acids is 3. The number of aliphatic hydroxyl groups excluding tert-OH is 3. The number of rotatable bonds is 3. The third-order valence-electron chi connectivity index (χ3n) is 7.46. The molecule has 192 valence electrons. The van der Waals surface area contributed by atoms with Gasteiger partial charge in [0.25, 0.3) is 0 Å². The van der Waals surface area contributed by atoms with E-state index in [4.69, 9.17) is 5.73 Å². The normalized spacial score (nSPS) is 31.7. The Morgan fingerprint density at radius 1 is 1.19 bits per heavy atom. The Bertz CT molecular complexity index is 1300. The van der Waals surface area contributed by atoms with Crippen LogP contribution in [0.15, 0.2) is 41.3 Å². The smallest absolute Gasteiger partial charge is 0.221 e. The molecule has 1 amide bonds. The van der Waals surface area contributed by atoms with Gasteiger partial charge in [-0.2, -0.15) is 0 Å². The van der Waals surface area contributed by atoms with Crippen LogP contribution >= 0.6 is 0 Å². The van der Waals surface area contributed by atoms with Crippen molar-refractivity contribution in [1.82, 2.24) is 4.90 Å². The maximum absolute atomic E-state index is 13.9. The van der Waals surface area contributed by atoms with Crippen molar-refractivity contribution in [3.8, 4) is 5.75 Å². The molecule has 0 bridgehead atoms. The van der Waals surface area contributed by atoms with Gasteiger partial charge in [-0.05, 0) is 31.6 Å². The predicted octanol–water partition coefficient (Wildman–Crippen LogP) is 0.441. The third kappa shape index (κ3) is 3.20. The lowest BCUT2D eigenvalue weighted by Gasteiger charge is -2.54. The van der Waals surface area contributed by atoms with E-state index in [0.717, 1.165) is 0 Å². The fourth-order valence-corrected chi connectivity index (χ4v) is 5.99. The Labute approximate surface area is 206 Å². The Balaban J connectivity index is 2.03. The molecule has 1 aromatic carbocycles. The Morgan fingerprint density at radius 2 is 1.81 bits per heavy atom. The van der Waals surface area contributed by atoms with Gasteiger partial charge in [-0.15, -0.1) is 0 Å². The number of nitrogens with zero attached hydrogens (tertiary/aromatic N) is 1. The van der Waals surface area contributed by atoms with Crippen LogP contribution in [0.1, 0.15) is 30.9 Å². The number of allylic oxidation sites excluding steroid dienone is 1. The average molecular weight is 500 g/mol. The molecule has 0 saturated heterocycles. The topological polar surface area (TPSA) is 194 Å². The zero-order chi connectivity index (χ0) is 27.0. The number of amides is 1. The van der Waals surface area contributed by atoms with Crippen molar-refractivity contribution in [3.05, 3.63) is 52.4 Å². The van der Waals surface area contributed by atoms with Crippen LogP contribution in [0.25, 0.3) is 5.76 Å². The number of aliphatic hydroxyl groups is 4. The summed E-state index contributed by atoms with van der Waals surface area (Å²) >= 11 is 0. The number of aromatic hydroxyl groups is 1. The highest BCUT2D eigenvalue weighted by Gasteiger charge is 2.67. The number of anilines is 1. The van der Waals surface area contributed by atoms with Crippen LogP contribution < -0.4 is 11.1 Å². The van der Waals surface area contributed by atoms with Crippen molar-refractivity contribution >= 4 is 28.9 Å². The molecule has 0 radical (unpaired) electrons. The van der Waals surface area contributed by atoms with E-state index in [9.17, 15) is 39.9 Å². The van der Waals surface area contributed by atoms with E-state index >= 15 is 0 Å². The molecule has 0 aromatic heterocycles. The van der Waals surface area contributed by atoms with E-state index in [1.54, 1.807) is 6.92 Å². The predicted molar refractivity (Wildman–Crippen MR) is 129 cm³/mol. The molecular formula is C25H29N3O8. The summed E-state index contributed by atoms with van der Waals surface area (Å²) in [5, 5.41) is 58.7. The summed E-state index contributed by atoms with van der Waals surface area (Å²) in [7, 11) is 3.03. The van der Waals surface area contributed by atoms with E-state index in [2.05, 4.69) is 11.9 Å². The number of fused-ring (bicyclic) bond motifs is 3. The Hall–Kier alpha value is -3.67. The van der Waals surface area contributed by atoms with E-state index in [1.807, 2.05) is 0 Å². The molecule has 11 heteroatoms. The summed E-state index contributed by atoms with van der Waals surface area (Å²) in [4.78, 5) is 40.1. The lowest BCUT2D eigenvalue weighted by Crippen LogP contribution is -2.70. The quantitative estimate of drug-likeness (QED) is 0.307. The molecule has 6 atom stereocenters. The van der Waals surface area contributed by atoms with Gasteiger partial charge in [0.1, 0.15) is 17.3 Å². The number of hydrogen-bond donors (Lipinski definition) is 7. The van der Waals surface area contributed by atoms with Gasteiger partial charge >= 0.3 is 0 Å². The van der Waals surface area contributed by atoms with Crippen LogP contribution in [0.3, 0.4) is 0 Å². The molecule has 36 heavy (non-hydrogen) atoms. The molecule has 0 spiro atoms. The first-order valence-corrected chi connectivity index (χ1v) is 11.3. The summed E-state index contributed by atoms with van der Waals surface area (Å²) in [6, 6.07) is 1.44. The summed E-state index contributed by atoms with van der Waals surface area (Å²) in [6.45, 7) is 6.40. The summed E-state index contributed by atoms with van der Waals surface area (Å²) in [5.74, 6) is -7.78. The first-order chi connectivity index (χ1) is 16.7. The van der Waals surface area contributed by atoms with Gasteiger partial charge in [0.2, 0.25) is 11.7 Å². The van der Waals surface area contributed by atoms with Gasteiger partial charge < -0.3 is 36.6 Å². The minimum Gasteiger partial charge on any atom is -0.508 e. The highest BCUT2D eigenvalue weighted by Crippen LogP contribution is 2.56. The highest BCUT2D eigenvalue weighted by molar-refractivity contribution is 6.15. The maximum atomic E-state index is 13.9. The van der Waals surface area contributed by atoms with E-state index in [1.165, 1.54) is 38.1 Å². The van der Waals surface area contributed by atoms with Gasteiger partial charge in [0, 0.05) is 35.9 Å². The van der Waals surface area contributed by atoms with Crippen LogP contribution in [0.4, 0.5) is 5.69 Å². The van der Waals surface area contributed by atoms with Crippen molar-refractivity contribution in [3.63, 3.8) is 0 Å².